The van der Waals surface area contributed by atoms with Crippen LogP contribution in [0.3, 0.4) is 0 Å². The number of rotatable bonds is 7. The van der Waals surface area contributed by atoms with Gasteiger partial charge in [-0.2, -0.15) is 0 Å². The van der Waals surface area contributed by atoms with Crippen LogP contribution in [0.2, 0.25) is 0 Å². The van der Waals surface area contributed by atoms with E-state index in [-0.39, 0.29) is 5.91 Å². The number of anilines is 1. The van der Waals surface area contributed by atoms with Crippen molar-refractivity contribution >= 4 is 17.6 Å². The second kappa shape index (κ2) is 10.3. The highest BCUT2D eigenvalue weighted by Gasteiger charge is 2.27. The molecule has 2 aromatic rings. The molecule has 1 saturated heterocycles. The number of amides is 1. The molecule has 6 nitrogen and oxygen atoms in total. The van der Waals surface area contributed by atoms with Gasteiger partial charge < -0.3 is 19.9 Å². The van der Waals surface area contributed by atoms with E-state index in [1.54, 1.807) is 0 Å². The number of esters is 1. The molecule has 2 aromatic carbocycles. The molecule has 3 rings (SSSR count). The molecule has 160 valence electrons. The van der Waals surface area contributed by atoms with Gasteiger partial charge in [-0.25, -0.2) is 4.79 Å². The molecular formula is C24H32N3O3+. The molecule has 1 heterocycles. The Morgan fingerprint density at radius 3 is 2.43 bits per heavy atom. The number of nitrogens with one attached hydrogen (secondary N) is 2. The smallest absolute Gasteiger partial charge is 0.328 e. The summed E-state index contributed by atoms with van der Waals surface area (Å²) in [7, 11) is 1.35. The van der Waals surface area contributed by atoms with Gasteiger partial charge >= 0.3 is 5.97 Å². The third-order valence-corrected chi connectivity index (χ3v) is 5.90. The minimum atomic E-state index is -0.666. The van der Waals surface area contributed by atoms with E-state index in [9.17, 15) is 9.59 Å². The van der Waals surface area contributed by atoms with Crippen LogP contribution in [0.15, 0.2) is 48.5 Å². The number of benzene rings is 2. The molecule has 0 unspecified atom stereocenters. The number of hydrogen-bond acceptors (Lipinski definition) is 4. The van der Waals surface area contributed by atoms with E-state index in [0.29, 0.717) is 13.0 Å². The molecule has 1 amide bonds. The van der Waals surface area contributed by atoms with Crippen molar-refractivity contribution in [1.29, 1.82) is 0 Å². The first-order chi connectivity index (χ1) is 14.5. The Hall–Kier alpha value is -2.86. The van der Waals surface area contributed by atoms with E-state index in [0.717, 1.165) is 31.7 Å². The van der Waals surface area contributed by atoms with Crippen molar-refractivity contribution in [2.24, 2.45) is 0 Å². The molecule has 0 aromatic heterocycles. The lowest BCUT2D eigenvalue weighted by atomic mass is 10.1. The monoisotopic (exact) mass is 410 g/mol. The number of piperazine rings is 1. The highest BCUT2D eigenvalue weighted by Crippen LogP contribution is 2.22. The van der Waals surface area contributed by atoms with Crippen molar-refractivity contribution in [1.82, 2.24) is 5.32 Å². The average molecular weight is 411 g/mol. The Morgan fingerprint density at radius 2 is 1.77 bits per heavy atom. The Kier molecular flexibility index (Phi) is 7.46. The normalized spacial score (nSPS) is 15.5. The van der Waals surface area contributed by atoms with Gasteiger partial charge in [0.2, 0.25) is 0 Å². The Bertz CT molecular complexity index is 861. The predicted molar refractivity (Wildman–Crippen MR) is 118 cm³/mol. The van der Waals surface area contributed by atoms with Crippen molar-refractivity contribution < 1.29 is 19.2 Å². The van der Waals surface area contributed by atoms with Gasteiger partial charge in [-0.05, 0) is 36.6 Å². The summed E-state index contributed by atoms with van der Waals surface area (Å²) < 4.78 is 4.89. The highest BCUT2D eigenvalue weighted by molar-refractivity contribution is 5.85. The molecule has 1 fully saturated rings. The van der Waals surface area contributed by atoms with E-state index in [2.05, 4.69) is 42.3 Å². The highest BCUT2D eigenvalue weighted by atomic mass is 16.5. The van der Waals surface area contributed by atoms with Gasteiger partial charge in [-0.3, -0.25) is 4.79 Å². The molecule has 1 atom stereocenters. The molecular weight excluding hydrogens is 378 g/mol. The number of nitrogens with zero attached hydrogens (tertiary/aromatic N) is 1. The quantitative estimate of drug-likeness (QED) is 0.666. The summed E-state index contributed by atoms with van der Waals surface area (Å²) in [5.41, 5.74) is 4.89. The van der Waals surface area contributed by atoms with Gasteiger partial charge in [0.05, 0.1) is 33.3 Å². The Labute approximate surface area is 178 Å². The molecule has 2 N–H and O–H groups in total. The molecule has 0 bridgehead atoms. The van der Waals surface area contributed by atoms with Crippen LogP contribution in [0.1, 0.15) is 16.7 Å². The van der Waals surface area contributed by atoms with Gasteiger partial charge in [-0.1, -0.05) is 42.5 Å². The van der Waals surface area contributed by atoms with Gasteiger partial charge in [-0.15, -0.1) is 0 Å². The fourth-order valence-corrected chi connectivity index (χ4v) is 3.98. The number of quaternary nitrogens is 1. The summed E-state index contributed by atoms with van der Waals surface area (Å²) in [4.78, 5) is 28.4. The molecule has 6 heteroatoms. The maximum atomic E-state index is 12.6. The predicted octanol–water partition coefficient (Wildman–Crippen LogP) is 0.909. The number of carbonyl (C=O) groups is 2. The van der Waals surface area contributed by atoms with E-state index in [4.69, 9.17) is 4.74 Å². The van der Waals surface area contributed by atoms with Crippen LogP contribution in [0.25, 0.3) is 0 Å². The molecule has 0 radical (unpaired) electrons. The van der Waals surface area contributed by atoms with Crippen molar-refractivity contribution in [3.63, 3.8) is 0 Å². The SMILES string of the molecule is COC(=O)[C@H](Cc1ccccc1)NC(=O)C[NH+]1CCN(c2cccc(C)c2C)CC1. The number of carbonyl (C=O) groups excluding carboxylic acids is 2. The van der Waals surface area contributed by atoms with Crippen LogP contribution >= 0.6 is 0 Å². The zero-order valence-electron chi connectivity index (χ0n) is 18.1. The van der Waals surface area contributed by atoms with Crippen LogP contribution in [0.4, 0.5) is 5.69 Å². The van der Waals surface area contributed by atoms with E-state index in [1.165, 1.54) is 28.8 Å². The van der Waals surface area contributed by atoms with Crippen molar-refractivity contribution in [3.05, 3.63) is 65.2 Å². The number of hydrogen-bond donors (Lipinski definition) is 2. The summed E-state index contributed by atoms with van der Waals surface area (Å²) in [6.45, 7) is 8.28. The standard InChI is InChI=1S/C24H31N3O3/c1-18-8-7-11-22(19(18)2)27-14-12-26(13-15-27)17-23(28)25-21(24(29)30-3)16-20-9-5-4-6-10-20/h4-11,21H,12-17H2,1-3H3,(H,25,28)/p+1/t21-/m0/s1. The van der Waals surface area contributed by atoms with Gasteiger partial charge in [0.25, 0.3) is 5.91 Å². The van der Waals surface area contributed by atoms with Crippen molar-refractivity contribution in [2.75, 3.05) is 44.7 Å². The molecule has 30 heavy (non-hydrogen) atoms. The number of ether oxygens (including phenoxy) is 1. The fourth-order valence-electron chi connectivity index (χ4n) is 3.98. The van der Waals surface area contributed by atoms with E-state index >= 15 is 0 Å². The van der Waals surface area contributed by atoms with E-state index in [1.807, 2.05) is 30.3 Å². The van der Waals surface area contributed by atoms with Crippen LogP contribution in [0.5, 0.6) is 0 Å². The zero-order valence-corrected chi connectivity index (χ0v) is 18.1. The first-order valence-corrected chi connectivity index (χ1v) is 10.5. The number of aryl methyl sites for hydroxylation is 1. The lowest BCUT2D eigenvalue weighted by Crippen LogP contribution is -3.16. The molecule has 1 aliphatic rings. The third-order valence-electron chi connectivity index (χ3n) is 5.90. The van der Waals surface area contributed by atoms with Gasteiger partial charge in [0.15, 0.2) is 6.54 Å². The summed E-state index contributed by atoms with van der Waals surface area (Å²) in [6, 6.07) is 15.4. The molecule has 0 aliphatic carbocycles. The maximum Gasteiger partial charge on any atom is 0.328 e. The minimum Gasteiger partial charge on any atom is -0.467 e. The van der Waals surface area contributed by atoms with Crippen LogP contribution in [0, 0.1) is 13.8 Å². The summed E-state index contributed by atoms with van der Waals surface area (Å²) >= 11 is 0. The van der Waals surface area contributed by atoms with Gasteiger partial charge in [0.1, 0.15) is 6.04 Å². The van der Waals surface area contributed by atoms with Crippen LogP contribution < -0.4 is 15.1 Å². The maximum absolute atomic E-state index is 12.6. The van der Waals surface area contributed by atoms with Crippen LogP contribution in [-0.2, 0) is 20.7 Å². The second-order valence-corrected chi connectivity index (χ2v) is 7.97. The molecule has 0 saturated carbocycles. The summed E-state index contributed by atoms with van der Waals surface area (Å²) in [5.74, 6) is -0.529. The summed E-state index contributed by atoms with van der Waals surface area (Å²) in [6.07, 6.45) is 0.426. The summed E-state index contributed by atoms with van der Waals surface area (Å²) in [5, 5.41) is 2.88. The first kappa shape index (κ1) is 21.8. The molecule has 0 spiro atoms. The topological polar surface area (TPSA) is 63.1 Å². The molecule has 1 aliphatic heterocycles. The second-order valence-electron chi connectivity index (χ2n) is 7.97. The fraction of sp³-hybridized carbons (Fsp3) is 0.417. The zero-order chi connectivity index (χ0) is 21.5. The average Bonchev–Trinajstić information content (AvgIpc) is 2.76. The lowest BCUT2D eigenvalue weighted by Gasteiger charge is -2.34. The van der Waals surface area contributed by atoms with Crippen LogP contribution in [-0.4, -0.2) is 57.8 Å². The number of methoxy groups -OCH3 is 1. The Balaban J connectivity index is 1.53. The van der Waals surface area contributed by atoms with Gasteiger partial charge in [0, 0.05) is 12.1 Å². The van der Waals surface area contributed by atoms with Crippen molar-refractivity contribution in [2.45, 2.75) is 26.3 Å². The minimum absolute atomic E-state index is 0.114. The largest absolute Gasteiger partial charge is 0.467 e. The Morgan fingerprint density at radius 1 is 1.07 bits per heavy atom. The lowest BCUT2D eigenvalue weighted by molar-refractivity contribution is -0.892. The van der Waals surface area contributed by atoms with Crippen molar-refractivity contribution in [3.8, 4) is 0 Å². The first-order valence-electron chi connectivity index (χ1n) is 10.5. The third kappa shape index (κ3) is 5.60. The van der Waals surface area contributed by atoms with E-state index < -0.39 is 12.0 Å².